The molecule has 126 valence electrons. The molecule has 3 N–H and O–H groups in total. The number of hydrogen-bond donors (Lipinski definition) is 3. The van der Waals surface area contributed by atoms with E-state index in [1.54, 1.807) is 0 Å². The molecule has 3 aromatic heterocycles. The summed E-state index contributed by atoms with van der Waals surface area (Å²) in [5.74, 6) is 0.441. The van der Waals surface area contributed by atoms with E-state index in [1.807, 2.05) is 17.5 Å². The fourth-order valence-corrected chi connectivity index (χ4v) is 3.57. The van der Waals surface area contributed by atoms with Crippen molar-refractivity contribution in [2.75, 3.05) is 6.61 Å². The summed E-state index contributed by atoms with van der Waals surface area (Å²) in [5.41, 5.74) is 0.753. The Bertz CT molecular complexity index is 871. The van der Waals surface area contributed by atoms with Gasteiger partial charge in [0.25, 0.3) is 0 Å². The summed E-state index contributed by atoms with van der Waals surface area (Å²) in [6.45, 7) is -0.405. The average Bonchev–Trinajstić information content (AvgIpc) is 3.28. The molecular formula is C14H13ClN4O4S. The van der Waals surface area contributed by atoms with E-state index in [4.69, 9.17) is 16.3 Å². The van der Waals surface area contributed by atoms with E-state index in [-0.39, 0.29) is 5.15 Å². The first-order valence-corrected chi connectivity index (χ1v) is 8.42. The summed E-state index contributed by atoms with van der Waals surface area (Å²) >= 11 is 7.68. The molecule has 1 aliphatic heterocycles. The highest BCUT2D eigenvalue weighted by Crippen LogP contribution is 2.33. The lowest BCUT2D eigenvalue weighted by molar-refractivity contribution is -0.0511. The van der Waals surface area contributed by atoms with Gasteiger partial charge >= 0.3 is 0 Å². The van der Waals surface area contributed by atoms with Gasteiger partial charge in [0.1, 0.15) is 23.8 Å². The smallest absolute Gasteiger partial charge is 0.173 e. The Labute approximate surface area is 145 Å². The molecule has 1 saturated heterocycles. The SMILES string of the molecule is OC[C@H]1O[C@@H](n2cnc3c(Cl)nc(-c4cccs4)nc32)[C@H](O)[C@@H]1O. The van der Waals surface area contributed by atoms with E-state index in [1.165, 1.54) is 22.2 Å². The van der Waals surface area contributed by atoms with Gasteiger partial charge in [-0.3, -0.25) is 4.57 Å². The molecule has 0 unspecified atom stereocenters. The first kappa shape index (κ1) is 15.9. The summed E-state index contributed by atoms with van der Waals surface area (Å²) < 4.78 is 7.02. The van der Waals surface area contributed by atoms with Gasteiger partial charge in [0.05, 0.1) is 17.8 Å². The number of aliphatic hydroxyl groups is 3. The van der Waals surface area contributed by atoms with Gasteiger partial charge in [-0.05, 0) is 11.4 Å². The van der Waals surface area contributed by atoms with Crippen LogP contribution in [0.2, 0.25) is 5.15 Å². The Hall–Kier alpha value is -1.62. The Morgan fingerprint density at radius 1 is 1.29 bits per heavy atom. The first-order chi connectivity index (χ1) is 11.6. The van der Waals surface area contributed by atoms with Crippen molar-refractivity contribution in [2.45, 2.75) is 24.5 Å². The van der Waals surface area contributed by atoms with Crippen LogP contribution >= 0.6 is 22.9 Å². The molecule has 4 rings (SSSR count). The molecule has 0 aliphatic carbocycles. The lowest BCUT2D eigenvalue weighted by Crippen LogP contribution is -2.33. The van der Waals surface area contributed by atoms with E-state index in [2.05, 4.69) is 15.0 Å². The van der Waals surface area contributed by atoms with E-state index in [9.17, 15) is 15.3 Å². The number of aromatic nitrogens is 4. The van der Waals surface area contributed by atoms with Crippen LogP contribution in [0.15, 0.2) is 23.8 Å². The molecule has 0 spiro atoms. The monoisotopic (exact) mass is 368 g/mol. The molecule has 3 aromatic rings. The van der Waals surface area contributed by atoms with Crippen molar-refractivity contribution in [3.05, 3.63) is 29.0 Å². The van der Waals surface area contributed by atoms with Crippen molar-refractivity contribution >= 4 is 34.1 Å². The quantitative estimate of drug-likeness (QED) is 0.586. The Kier molecular flexibility index (Phi) is 3.99. The second-order valence-corrected chi connectivity index (χ2v) is 6.67. The van der Waals surface area contributed by atoms with E-state index in [0.29, 0.717) is 17.0 Å². The summed E-state index contributed by atoms with van der Waals surface area (Å²) in [6, 6.07) is 3.75. The van der Waals surface area contributed by atoms with Crippen LogP contribution < -0.4 is 0 Å². The van der Waals surface area contributed by atoms with Crippen molar-refractivity contribution in [3.63, 3.8) is 0 Å². The third-order valence-electron chi connectivity index (χ3n) is 3.91. The standard InChI is InChI=1S/C14H13ClN4O4S/c15-11-8-13(18-12(17-11)7-2-1-3-24-7)19(5-16-8)14-10(22)9(21)6(4-20)23-14/h1-3,5-6,9-10,14,20-22H,4H2/t6-,9-,10-,14-/m1/s1. The Morgan fingerprint density at radius 3 is 2.79 bits per heavy atom. The highest BCUT2D eigenvalue weighted by atomic mass is 35.5. The van der Waals surface area contributed by atoms with Crippen LogP contribution in [0.5, 0.6) is 0 Å². The summed E-state index contributed by atoms with van der Waals surface area (Å²) in [5, 5.41) is 31.5. The largest absolute Gasteiger partial charge is 0.394 e. The maximum atomic E-state index is 10.2. The second-order valence-electron chi connectivity index (χ2n) is 5.37. The maximum absolute atomic E-state index is 10.2. The van der Waals surface area contributed by atoms with Crippen LogP contribution in [0.3, 0.4) is 0 Å². The van der Waals surface area contributed by atoms with Crippen LogP contribution in [0.1, 0.15) is 6.23 Å². The van der Waals surface area contributed by atoms with Crippen LogP contribution in [0.25, 0.3) is 21.9 Å². The Morgan fingerprint density at radius 2 is 2.12 bits per heavy atom. The zero-order valence-electron chi connectivity index (χ0n) is 12.2. The van der Waals surface area contributed by atoms with Crippen LogP contribution in [0, 0.1) is 0 Å². The summed E-state index contributed by atoms with van der Waals surface area (Å²) in [7, 11) is 0. The highest BCUT2D eigenvalue weighted by molar-refractivity contribution is 7.13. The van der Waals surface area contributed by atoms with Crippen molar-refractivity contribution in [1.29, 1.82) is 0 Å². The van der Waals surface area contributed by atoms with E-state index in [0.717, 1.165) is 4.88 Å². The third-order valence-corrected chi connectivity index (χ3v) is 5.04. The maximum Gasteiger partial charge on any atom is 0.173 e. The lowest BCUT2D eigenvalue weighted by Gasteiger charge is -2.16. The van der Waals surface area contributed by atoms with Gasteiger partial charge in [-0.1, -0.05) is 17.7 Å². The molecule has 0 radical (unpaired) electrons. The zero-order chi connectivity index (χ0) is 16.8. The molecule has 10 heteroatoms. The minimum atomic E-state index is -1.22. The van der Waals surface area contributed by atoms with Gasteiger partial charge in [0.15, 0.2) is 22.9 Å². The zero-order valence-corrected chi connectivity index (χ0v) is 13.7. The van der Waals surface area contributed by atoms with Crippen LogP contribution in [-0.4, -0.2) is 59.8 Å². The van der Waals surface area contributed by atoms with Gasteiger partial charge < -0.3 is 20.1 Å². The number of imidazole rings is 1. The number of hydrogen-bond acceptors (Lipinski definition) is 8. The molecule has 0 amide bonds. The molecule has 0 aromatic carbocycles. The first-order valence-electron chi connectivity index (χ1n) is 7.16. The molecule has 1 fully saturated rings. The molecule has 24 heavy (non-hydrogen) atoms. The fourth-order valence-electron chi connectivity index (χ4n) is 2.69. The minimum Gasteiger partial charge on any atom is -0.394 e. The third kappa shape index (κ3) is 2.41. The highest BCUT2D eigenvalue weighted by Gasteiger charge is 2.44. The normalized spacial score (nSPS) is 27.2. The molecule has 8 nitrogen and oxygen atoms in total. The fraction of sp³-hybridized carbons (Fsp3) is 0.357. The van der Waals surface area contributed by atoms with E-state index >= 15 is 0 Å². The molecular weight excluding hydrogens is 356 g/mol. The average molecular weight is 369 g/mol. The van der Waals surface area contributed by atoms with Crippen molar-refractivity contribution in [2.24, 2.45) is 0 Å². The minimum absolute atomic E-state index is 0.189. The molecule has 4 atom stereocenters. The summed E-state index contributed by atoms with van der Waals surface area (Å²) in [4.78, 5) is 13.7. The topological polar surface area (TPSA) is 114 Å². The summed E-state index contributed by atoms with van der Waals surface area (Å²) in [6.07, 6.45) is -2.81. The predicted molar refractivity (Wildman–Crippen MR) is 86.7 cm³/mol. The van der Waals surface area contributed by atoms with Gasteiger partial charge in [0.2, 0.25) is 0 Å². The van der Waals surface area contributed by atoms with E-state index < -0.39 is 31.1 Å². The van der Waals surface area contributed by atoms with Gasteiger partial charge in [-0.2, -0.15) is 0 Å². The molecule has 0 saturated carbocycles. The molecule has 4 heterocycles. The van der Waals surface area contributed by atoms with Crippen molar-refractivity contribution in [3.8, 4) is 10.7 Å². The second kappa shape index (κ2) is 6.03. The predicted octanol–water partition coefficient (Wildman–Crippen LogP) is 0.820. The number of aliphatic hydroxyl groups excluding tert-OH is 3. The molecule has 1 aliphatic rings. The van der Waals surface area contributed by atoms with Crippen LogP contribution in [0.4, 0.5) is 0 Å². The van der Waals surface area contributed by atoms with Gasteiger partial charge in [-0.15, -0.1) is 11.3 Å². The Balaban J connectivity index is 1.82. The molecule has 0 bridgehead atoms. The van der Waals surface area contributed by atoms with Crippen LogP contribution in [-0.2, 0) is 4.74 Å². The lowest BCUT2D eigenvalue weighted by atomic mass is 10.1. The number of halogens is 1. The van der Waals surface area contributed by atoms with Gasteiger partial charge in [-0.25, -0.2) is 15.0 Å². The number of thiophene rings is 1. The van der Waals surface area contributed by atoms with Gasteiger partial charge in [0, 0.05) is 0 Å². The number of rotatable bonds is 3. The number of fused-ring (bicyclic) bond motifs is 1. The van der Waals surface area contributed by atoms with Crippen molar-refractivity contribution in [1.82, 2.24) is 19.5 Å². The number of ether oxygens (including phenoxy) is 1. The van der Waals surface area contributed by atoms with Crippen molar-refractivity contribution < 1.29 is 20.1 Å². The number of nitrogens with zero attached hydrogens (tertiary/aromatic N) is 4.